The molecule has 3 rings (SSSR count). The van der Waals surface area contributed by atoms with Gasteiger partial charge in [0.15, 0.2) is 5.78 Å². The van der Waals surface area contributed by atoms with E-state index in [4.69, 9.17) is 0 Å². The summed E-state index contributed by atoms with van der Waals surface area (Å²) in [7, 11) is -4.21. The Balaban J connectivity index is 2.06. The lowest BCUT2D eigenvalue weighted by Crippen LogP contribution is -2.42. The minimum atomic E-state index is -4.21. The second kappa shape index (κ2) is 5.02. The van der Waals surface area contributed by atoms with Gasteiger partial charge in [-0.05, 0) is 42.7 Å². The molecule has 2 aliphatic rings. The SMILES string of the molecule is Cc1ccc(/C=C2/C(=O)C3(CS(=O)(=O)O)CCC2C3(C)C)cc1. The van der Waals surface area contributed by atoms with Crippen LogP contribution in [0.4, 0.5) is 0 Å². The summed E-state index contributed by atoms with van der Waals surface area (Å²) in [5.74, 6) is -0.553. The minimum absolute atomic E-state index is 0.0399. The number of aryl methyl sites for hydroxylation is 1. The number of carbonyl (C=O) groups is 1. The second-order valence-electron chi connectivity index (χ2n) is 7.46. The Bertz CT molecular complexity index is 787. The first kappa shape index (κ1) is 16.4. The third-order valence-corrected chi connectivity index (χ3v) is 6.72. The van der Waals surface area contributed by atoms with Gasteiger partial charge in [0.05, 0.1) is 11.2 Å². The van der Waals surface area contributed by atoms with Gasteiger partial charge in [0.25, 0.3) is 10.1 Å². The lowest BCUT2D eigenvalue weighted by Gasteiger charge is -2.34. The monoisotopic (exact) mass is 334 g/mol. The van der Waals surface area contributed by atoms with Crippen LogP contribution in [0.5, 0.6) is 0 Å². The Hall–Kier alpha value is -1.46. The van der Waals surface area contributed by atoms with Crippen molar-refractivity contribution in [2.24, 2.45) is 16.7 Å². The predicted molar refractivity (Wildman–Crippen MR) is 89.5 cm³/mol. The lowest BCUT2D eigenvalue weighted by atomic mass is 9.70. The maximum atomic E-state index is 13.0. The van der Waals surface area contributed by atoms with E-state index in [9.17, 15) is 17.8 Å². The molecule has 1 aromatic rings. The number of hydrogen-bond donors (Lipinski definition) is 1. The van der Waals surface area contributed by atoms with Gasteiger partial charge in [0, 0.05) is 5.57 Å². The Labute approximate surface area is 137 Å². The molecule has 0 amide bonds. The van der Waals surface area contributed by atoms with E-state index < -0.39 is 26.7 Å². The zero-order valence-electron chi connectivity index (χ0n) is 13.7. The van der Waals surface area contributed by atoms with Crippen LogP contribution in [0.15, 0.2) is 29.8 Å². The van der Waals surface area contributed by atoms with Gasteiger partial charge in [-0.3, -0.25) is 9.35 Å². The summed E-state index contributed by atoms with van der Waals surface area (Å²) in [6, 6.07) is 7.90. The molecule has 2 aliphatic carbocycles. The van der Waals surface area contributed by atoms with Crippen LogP contribution in [-0.4, -0.2) is 24.5 Å². The molecule has 1 aromatic carbocycles. The molecule has 2 saturated carbocycles. The minimum Gasteiger partial charge on any atom is -0.294 e. The van der Waals surface area contributed by atoms with E-state index >= 15 is 0 Å². The molecule has 2 unspecified atom stereocenters. The fourth-order valence-corrected chi connectivity index (χ4v) is 5.71. The fraction of sp³-hybridized carbons (Fsp3) is 0.500. The van der Waals surface area contributed by atoms with E-state index in [0.717, 1.165) is 17.5 Å². The summed E-state index contributed by atoms with van der Waals surface area (Å²) in [5, 5.41) is 0. The molecule has 0 heterocycles. The maximum absolute atomic E-state index is 13.0. The Morgan fingerprint density at radius 2 is 1.87 bits per heavy atom. The topological polar surface area (TPSA) is 71.4 Å². The van der Waals surface area contributed by atoms with Gasteiger partial charge in [-0.2, -0.15) is 8.42 Å². The molecule has 2 fully saturated rings. The van der Waals surface area contributed by atoms with Crippen molar-refractivity contribution in [2.45, 2.75) is 33.6 Å². The standard InChI is InChI=1S/C18H22O4S/c1-12-4-6-13(7-5-12)10-14-15-8-9-18(16(14)19,17(15,2)3)11-23(20,21)22/h4-7,10,15H,8-9,11H2,1-3H3,(H,20,21,22)/b14-10+. The van der Waals surface area contributed by atoms with E-state index in [1.54, 1.807) is 0 Å². The summed E-state index contributed by atoms with van der Waals surface area (Å²) in [5.41, 5.74) is 1.34. The Morgan fingerprint density at radius 1 is 1.26 bits per heavy atom. The lowest BCUT2D eigenvalue weighted by molar-refractivity contribution is -0.125. The molecule has 0 radical (unpaired) electrons. The van der Waals surface area contributed by atoms with E-state index in [0.29, 0.717) is 12.0 Å². The van der Waals surface area contributed by atoms with Crippen molar-refractivity contribution in [1.82, 2.24) is 0 Å². The molecular weight excluding hydrogens is 312 g/mol. The number of carbonyl (C=O) groups excluding carboxylic acids is 1. The number of Topliss-reactive ketones (excluding diaryl/α,β-unsaturated/α-hetero) is 1. The number of hydrogen-bond acceptors (Lipinski definition) is 3. The van der Waals surface area contributed by atoms with Crippen molar-refractivity contribution in [3.05, 3.63) is 41.0 Å². The van der Waals surface area contributed by atoms with Crippen molar-refractivity contribution in [3.63, 3.8) is 0 Å². The average molecular weight is 334 g/mol. The van der Waals surface area contributed by atoms with Crippen molar-refractivity contribution in [3.8, 4) is 0 Å². The van der Waals surface area contributed by atoms with Gasteiger partial charge in [0.1, 0.15) is 0 Å². The molecular formula is C18H22O4S. The molecule has 4 nitrogen and oxygen atoms in total. The van der Waals surface area contributed by atoms with Crippen molar-refractivity contribution < 1.29 is 17.8 Å². The zero-order valence-corrected chi connectivity index (χ0v) is 14.5. The van der Waals surface area contributed by atoms with E-state index in [-0.39, 0.29) is 11.7 Å². The first-order valence-electron chi connectivity index (χ1n) is 7.85. The van der Waals surface area contributed by atoms with Gasteiger partial charge in [-0.15, -0.1) is 0 Å². The Morgan fingerprint density at radius 3 is 2.43 bits per heavy atom. The molecule has 5 heteroatoms. The van der Waals surface area contributed by atoms with Gasteiger partial charge < -0.3 is 0 Å². The quantitative estimate of drug-likeness (QED) is 0.680. The first-order valence-corrected chi connectivity index (χ1v) is 9.46. The van der Waals surface area contributed by atoms with Crippen LogP contribution < -0.4 is 0 Å². The first-order chi connectivity index (χ1) is 10.6. The van der Waals surface area contributed by atoms with Crippen LogP contribution in [0.25, 0.3) is 6.08 Å². The molecule has 0 spiro atoms. The number of ketones is 1. The van der Waals surface area contributed by atoms with Crippen LogP contribution in [0, 0.1) is 23.7 Å². The molecule has 2 bridgehead atoms. The Kier molecular flexibility index (Phi) is 3.58. The van der Waals surface area contributed by atoms with Crippen LogP contribution in [0.3, 0.4) is 0 Å². The molecule has 2 atom stereocenters. The molecule has 1 N–H and O–H groups in total. The number of benzene rings is 1. The smallest absolute Gasteiger partial charge is 0.265 e. The molecule has 124 valence electrons. The molecule has 0 aliphatic heterocycles. The summed E-state index contributed by atoms with van der Waals surface area (Å²) in [6.45, 7) is 5.90. The van der Waals surface area contributed by atoms with Crippen molar-refractivity contribution in [1.29, 1.82) is 0 Å². The summed E-state index contributed by atoms with van der Waals surface area (Å²) in [4.78, 5) is 13.0. The third-order valence-electron chi connectivity index (χ3n) is 5.86. The van der Waals surface area contributed by atoms with Gasteiger partial charge in [-0.25, -0.2) is 0 Å². The number of fused-ring (bicyclic) bond motifs is 2. The van der Waals surface area contributed by atoms with Crippen LogP contribution in [0.2, 0.25) is 0 Å². The van der Waals surface area contributed by atoms with E-state index in [2.05, 4.69) is 0 Å². The number of allylic oxidation sites excluding steroid dienone is 1. The third kappa shape index (κ3) is 2.46. The van der Waals surface area contributed by atoms with Gasteiger partial charge >= 0.3 is 0 Å². The van der Waals surface area contributed by atoms with Crippen LogP contribution >= 0.6 is 0 Å². The summed E-state index contributed by atoms with van der Waals surface area (Å²) >= 11 is 0. The van der Waals surface area contributed by atoms with Crippen LogP contribution in [-0.2, 0) is 14.9 Å². The van der Waals surface area contributed by atoms with Crippen LogP contribution in [0.1, 0.15) is 37.8 Å². The van der Waals surface area contributed by atoms with E-state index in [1.807, 2.05) is 51.1 Å². The molecule has 0 saturated heterocycles. The summed E-state index contributed by atoms with van der Waals surface area (Å²) < 4.78 is 32.3. The molecule has 23 heavy (non-hydrogen) atoms. The maximum Gasteiger partial charge on any atom is 0.265 e. The van der Waals surface area contributed by atoms with Gasteiger partial charge in [-0.1, -0.05) is 43.7 Å². The fourth-order valence-electron chi connectivity index (χ4n) is 4.44. The second-order valence-corrected chi connectivity index (χ2v) is 8.91. The zero-order chi connectivity index (χ0) is 17.0. The number of rotatable bonds is 3. The highest BCUT2D eigenvalue weighted by atomic mass is 32.2. The largest absolute Gasteiger partial charge is 0.294 e. The van der Waals surface area contributed by atoms with Gasteiger partial charge in [0.2, 0.25) is 0 Å². The highest BCUT2D eigenvalue weighted by Crippen LogP contribution is 2.66. The molecule has 0 aromatic heterocycles. The van der Waals surface area contributed by atoms with Crippen molar-refractivity contribution in [2.75, 3.05) is 5.75 Å². The predicted octanol–water partition coefficient (Wildman–Crippen LogP) is 3.27. The summed E-state index contributed by atoms with van der Waals surface area (Å²) in [6.07, 6.45) is 3.19. The van der Waals surface area contributed by atoms with Crippen molar-refractivity contribution >= 4 is 22.0 Å². The average Bonchev–Trinajstić information content (AvgIpc) is 2.74. The highest BCUT2D eigenvalue weighted by molar-refractivity contribution is 7.85. The highest BCUT2D eigenvalue weighted by Gasteiger charge is 2.67. The normalized spacial score (nSPS) is 31.0. The van der Waals surface area contributed by atoms with E-state index in [1.165, 1.54) is 0 Å².